The zero-order chi connectivity index (χ0) is 22.8. The number of benzene rings is 5. The van der Waals surface area contributed by atoms with Crippen molar-refractivity contribution < 1.29 is 0 Å². The van der Waals surface area contributed by atoms with Gasteiger partial charge in [-0.3, -0.25) is 0 Å². The van der Waals surface area contributed by atoms with Crippen LogP contribution in [-0.4, -0.2) is 4.90 Å². The normalized spacial score (nSPS) is 17.9. The zero-order valence-electron chi connectivity index (χ0n) is 18.9. The maximum Gasteiger partial charge on any atom is 0.0424 e. The van der Waals surface area contributed by atoms with Crippen molar-refractivity contribution in [2.24, 2.45) is 0 Å². The van der Waals surface area contributed by atoms with Crippen LogP contribution in [0.2, 0.25) is 0 Å². The van der Waals surface area contributed by atoms with Gasteiger partial charge in [0.25, 0.3) is 0 Å². The first kappa shape index (κ1) is 21.5. The molecule has 0 bridgehead atoms. The summed E-state index contributed by atoms with van der Waals surface area (Å²) in [6.45, 7) is 0. The van der Waals surface area contributed by atoms with Gasteiger partial charge in [-0.15, -0.1) is 0 Å². The monoisotopic (exact) mass is 472 g/mol. The van der Waals surface area contributed by atoms with Crippen molar-refractivity contribution in [3.8, 4) is 0 Å². The second-order valence-corrected chi connectivity index (χ2v) is 12.6. The van der Waals surface area contributed by atoms with Crippen molar-refractivity contribution in [1.29, 1.82) is 0 Å². The summed E-state index contributed by atoms with van der Waals surface area (Å²) in [6, 6.07) is 46.8. The van der Waals surface area contributed by atoms with Crippen LogP contribution in [0.25, 0.3) is 22.4 Å². The van der Waals surface area contributed by atoms with Crippen LogP contribution in [0.1, 0.15) is 12.0 Å². The van der Waals surface area contributed by atoms with Crippen molar-refractivity contribution in [2.45, 2.75) is 11.3 Å². The van der Waals surface area contributed by atoms with Gasteiger partial charge in [-0.05, 0) is 49.4 Å². The molecule has 1 aliphatic rings. The summed E-state index contributed by atoms with van der Waals surface area (Å²) in [5.41, 5.74) is 2.89. The third-order valence-corrected chi connectivity index (χ3v) is 10.4. The summed E-state index contributed by atoms with van der Waals surface area (Å²) in [5.74, 6) is 0. The number of fused-ring (bicyclic) bond motifs is 2. The van der Waals surface area contributed by atoms with Crippen LogP contribution in [0.5, 0.6) is 0 Å². The number of hydrogen-bond donors (Lipinski definition) is 0. The van der Waals surface area contributed by atoms with Crippen LogP contribution in [0.3, 0.4) is 0 Å². The van der Waals surface area contributed by atoms with Gasteiger partial charge in [-0.25, -0.2) is 0 Å². The van der Waals surface area contributed by atoms with Crippen LogP contribution in [0.15, 0.2) is 127 Å². The fourth-order valence-corrected chi connectivity index (χ4v) is 9.13. The van der Waals surface area contributed by atoms with Crippen LogP contribution >= 0.6 is 17.2 Å². The summed E-state index contributed by atoms with van der Waals surface area (Å²) < 4.78 is 0. The van der Waals surface area contributed by atoms with Crippen LogP contribution < -0.4 is 21.0 Å². The molecule has 1 aliphatic carbocycles. The Balaban J connectivity index is 1.68. The van der Waals surface area contributed by atoms with Crippen molar-refractivity contribution >= 4 is 50.2 Å². The summed E-state index contributed by atoms with van der Waals surface area (Å²) in [6.07, 6.45) is 3.53. The highest BCUT2D eigenvalue weighted by Crippen LogP contribution is 2.57. The first-order valence-electron chi connectivity index (χ1n) is 11.8. The van der Waals surface area contributed by atoms with Gasteiger partial charge in [0, 0.05) is 4.90 Å². The molecule has 2 atom stereocenters. The Labute approximate surface area is 204 Å². The van der Waals surface area contributed by atoms with E-state index in [4.69, 9.17) is 0 Å². The maximum absolute atomic E-state index is 2.48. The van der Waals surface area contributed by atoms with Gasteiger partial charge in [-0.1, -0.05) is 151 Å². The highest BCUT2D eigenvalue weighted by molar-refractivity contribution is 7.68. The molecule has 0 fully saturated rings. The van der Waals surface area contributed by atoms with Gasteiger partial charge >= 0.3 is 0 Å². The number of rotatable bonds is 5. The van der Waals surface area contributed by atoms with Gasteiger partial charge in [0.2, 0.25) is 0 Å². The highest BCUT2D eigenvalue weighted by Gasteiger charge is 2.37. The van der Waals surface area contributed by atoms with Gasteiger partial charge in [0.1, 0.15) is 0 Å². The summed E-state index contributed by atoms with van der Waals surface area (Å²) in [4.78, 5) is 0.0151. The second kappa shape index (κ2) is 9.31. The third-order valence-electron chi connectivity index (χ3n) is 6.61. The molecule has 0 aromatic heterocycles. The molecule has 0 saturated heterocycles. The Bertz CT molecular complexity index is 1520. The minimum absolute atomic E-state index is 0.0151. The lowest BCUT2D eigenvalue weighted by Crippen LogP contribution is -2.40. The topological polar surface area (TPSA) is 0 Å². The van der Waals surface area contributed by atoms with E-state index in [0.29, 0.717) is 17.2 Å². The predicted octanol–water partition coefficient (Wildman–Crippen LogP) is 5.93. The molecular weight excluding hydrogens is 446 g/mol. The highest BCUT2D eigenvalue weighted by atomic mass is 31.1. The molecule has 0 N–H and O–H groups in total. The fourth-order valence-electron chi connectivity index (χ4n) is 5.11. The zero-order valence-corrected chi connectivity index (χ0v) is 20.9. The molecule has 0 saturated carbocycles. The molecule has 0 spiro atoms. The second-order valence-electron chi connectivity index (χ2n) is 8.78. The predicted molar refractivity (Wildman–Crippen MR) is 153 cm³/mol. The van der Waals surface area contributed by atoms with E-state index >= 15 is 0 Å². The van der Waals surface area contributed by atoms with E-state index in [1.165, 1.54) is 43.0 Å². The first-order chi connectivity index (χ1) is 16.8. The van der Waals surface area contributed by atoms with Crippen LogP contribution in [0, 0.1) is 0 Å². The Morgan fingerprint density at radius 2 is 1.12 bits per heavy atom. The average molecular weight is 473 g/mol. The van der Waals surface area contributed by atoms with Crippen molar-refractivity contribution in [1.82, 2.24) is 0 Å². The Hall–Kier alpha value is -3.04. The SMILES string of the molecule is C1=c2ccccc2=C(c2cccc3ccccc23)C(Pc2ccccc2)(Pc2ccccc2)C1. The Morgan fingerprint density at radius 1 is 0.529 bits per heavy atom. The molecule has 2 unspecified atom stereocenters. The minimum Gasteiger partial charge on any atom is -0.0750 e. The van der Waals surface area contributed by atoms with E-state index in [0.717, 1.165) is 6.42 Å². The molecule has 0 radical (unpaired) electrons. The van der Waals surface area contributed by atoms with E-state index in [1.807, 2.05) is 0 Å². The third kappa shape index (κ3) is 4.03. The summed E-state index contributed by atoms with van der Waals surface area (Å²) >= 11 is 0. The van der Waals surface area contributed by atoms with E-state index in [1.54, 1.807) is 0 Å². The van der Waals surface area contributed by atoms with Gasteiger partial charge in [0.15, 0.2) is 0 Å². The molecule has 5 aromatic carbocycles. The Kier molecular flexibility index (Phi) is 5.88. The van der Waals surface area contributed by atoms with Crippen LogP contribution in [-0.2, 0) is 0 Å². The molecule has 5 aromatic rings. The number of hydrogen-bond acceptors (Lipinski definition) is 0. The summed E-state index contributed by atoms with van der Waals surface area (Å²) in [7, 11) is 1.37. The van der Waals surface area contributed by atoms with E-state index in [-0.39, 0.29) is 4.90 Å². The summed E-state index contributed by atoms with van der Waals surface area (Å²) in [5, 5.41) is 8.25. The van der Waals surface area contributed by atoms with Crippen LogP contribution in [0.4, 0.5) is 0 Å². The minimum atomic E-state index is 0.0151. The van der Waals surface area contributed by atoms with E-state index < -0.39 is 0 Å². The molecule has 2 heteroatoms. The maximum atomic E-state index is 2.48. The molecule has 0 nitrogen and oxygen atoms in total. The van der Waals surface area contributed by atoms with Gasteiger partial charge in [0.05, 0.1) is 0 Å². The van der Waals surface area contributed by atoms with Gasteiger partial charge in [-0.2, -0.15) is 0 Å². The van der Waals surface area contributed by atoms with Crippen molar-refractivity contribution in [2.75, 3.05) is 0 Å². The standard InChI is InChI=1S/C32H26P2/c1-3-15-26(16-4-1)33-32(34-27-17-5-2-6-18-27)23-22-25-13-8-10-20-29(25)31(32)30-21-11-14-24-12-7-9-19-28(24)30/h1-22,33-34H,23H2. The van der Waals surface area contributed by atoms with Crippen molar-refractivity contribution in [3.05, 3.63) is 143 Å². The smallest absolute Gasteiger partial charge is 0.0424 e. The molecule has 0 amide bonds. The molecule has 164 valence electrons. The van der Waals surface area contributed by atoms with E-state index in [2.05, 4.69) is 133 Å². The lowest BCUT2D eigenvalue weighted by atomic mass is 9.89. The quantitative estimate of drug-likeness (QED) is 0.278. The fraction of sp³-hybridized carbons (Fsp3) is 0.0625. The molecular formula is C32H26P2. The van der Waals surface area contributed by atoms with Crippen molar-refractivity contribution in [3.63, 3.8) is 0 Å². The van der Waals surface area contributed by atoms with Gasteiger partial charge < -0.3 is 0 Å². The Morgan fingerprint density at radius 3 is 1.85 bits per heavy atom. The lowest BCUT2D eigenvalue weighted by Gasteiger charge is -2.39. The first-order valence-corrected chi connectivity index (χ1v) is 13.8. The molecule has 0 heterocycles. The molecule has 6 rings (SSSR count). The largest absolute Gasteiger partial charge is 0.0750 e. The molecule has 34 heavy (non-hydrogen) atoms. The average Bonchev–Trinajstić information content (AvgIpc) is 2.90. The lowest BCUT2D eigenvalue weighted by molar-refractivity contribution is 1.02. The van der Waals surface area contributed by atoms with E-state index in [9.17, 15) is 0 Å². The molecule has 0 aliphatic heterocycles.